The molecule has 0 unspecified atom stereocenters. The van der Waals surface area contributed by atoms with E-state index in [-0.39, 0.29) is 5.91 Å². The van der Waals surface area contributed by atoms with E-state index >= 15 is 0 Å². The maximum Gasteiger partial charge on any atom is 0.251 e. The Balaban J connectivity index is 1.62. The third-order valence-electron chi connectivity index (χ3n) is 3.88. The molecule has 1 aromatic carbocycles. The first kappa shape index (κ1) is 17.0. The molecule has 3 N–H and O–H groups in total. The summed E-state index contributed by atoms with van der Waals surface area (Å²) in [5.74, 6) is 1.60. The van der Waals surface area contributed by atoms with Gasteiger partial charge in [0, 0.05) is 30.8 Å². The smallest absolute Gasteiger partial charge is 0.251 e. The van der Waals surface area contributed by atoms with Crippen LogP contribution in [0.5, 0.6) is 0 Å². The minimum absolute atomic E-state index is 0.0466. The fourth-order valence-corrected chi connectivity index (χ4v) is 2.65. The molecule has 0 atom stereocenters. The standard InChI is InChI=1S/C19H22N4O2/c1-3-21-19(24)15-6-4-5-14(9-15)10-20-11-16-12-22-23-18(16)17-8-7-13(2)25-17/h4-9,12,20H,3,10-11H2,1-2H3,(H,21,24)(H,22,23). The Kier molecular flexibility index (Phi) is 5.30. The Morgan fingerprint density at radius 3 is 2.88 bits per heavy atom. The Morgan fingerprint density at radius 1 is 1.24 bits per heavy atom. The summed E-state index contributed by atoms with van der Waals surface area (Å²) in [5, 5.41) is 13.3. The summed E-state index contributed by atoms with van der Waals surface area (Å²) < 4.78 is 5.65. The van der Waals surface area contributed by atoms with E-state index < -0.39 is 0 Å². The number of nitrogens with one attached hydrogen (secondary N) is 3. The van der Waals surface area contributed by atoms with Gasteiger partial charge in [-0.3, -0.25) is 9.89 Å². The van der Waals surface area contributed by atoms with Gasteiger partial charge in [0.25, 0.3) is 5.91 Å². The first-order chi connectivity index (χ1) is 12.2. The molecular formula is C19H22N4O2. The number of hydrogen-bond acceptors (Lipinski definition) is 4. The summed E-state index contributed by atoms with van der Waals surface area (Å²) in [6.45, 7) is 5.76. The van der Waals surface area contributed by atoms with Crippen LogP contribution in [0.4, 0.5) is 0 Å². The molecule has 2 heterocycles. The number of aromatic amines is 1. The molecule has 0 aliphatic rings. The average molecular weight is 338 g/mol. The van der Waals surface area contributed by atoms with Crippen molar-refractivity contribution in [2.75, 3.05) is 6.54 Å². The van der Waals surface area contributed by atoms with E-state index in [9.17, 15) is 4.79 Å². The van der Waals surface area contributed by atoms with Crippen molar-refractivity contribution in [2.45, 2.75) is 26.9 Å². The van der Waals surface area contributed by atoms with Crippen LogP contribution in [0.15, 0.2) is 47.0 Å². The normalized spacial score (nSPS) is 10.8. The van der Waals surface area contributed by atoms with Crippen LogP contribution in [0.1, 0.15) is 34.2 Å². The van der Waals surface area contributed by atoms with Gasteiger partial charge in [0.05, 0.1) is 6.20 Å². The maximum absolute atomic E-state index is 11.9. The molecule has 1 amide bonds. The lowest BCUT2D eigenvalue weighted by Crippen LogP contribution is -2.23. The number of amides is 1. The van der Waals surface area contributed by atoms with Crippen molar-refractivity contribution in [1.82, 2.24) is 20.8 Å². The summed E-state index contributed by atoms with van der Waals surface area (Å²) in [4.78, 5) is 11.9. The van der Waals surface area contributed by atoms with Crippen LogP contribution in [-0.2, 0) is 13.1 Å². The Labute approximate surface area is 146 Å². The van der Waals surface area contributed by atoms with Crippen LogP contribution in [0.3, 0.4) is 0 Å². The molecule has 0 fully saturated rings. The number of aromatic nitrogens is 2. The molecule has 0 aliphatic heterocycles. The minimum atomic E-state index is -0.0466. The van der Waals surface area contributed by atoms with Gasteiger partial charge in [0.15, 0.2) is 5.76 Å². The number of rotatable bonds is 7. The highest BCUT2D eigenvalue weighted by Crippen LogP contribution is 2.23. The van der Waals surface area contributed by atoms with E-state index in [2.05, 4.69) is 20.8 Å². The number of H-pyrrole nitrogens is 1. The number of furan rings is 1. The summed E-state index contributed by atoms with van der Waals surface area (Å²) in [7, 11) is 0. The SMILES string of the molecule is CCNC(=O)c1cccc(CNCc2cn[nH]c2-c2ccc(C)o2)c1. The summed E-state index contributed by atoms with van der Waals surface area (Å²) >= 11 is 0. The van der Waals surface area contributed by atoms with Crippen molar-refractivity contribution < 1.29 is 9.21 Å². The van der Waals surface area contributed by atoms with Crippen LogP contribution < -0.4 is 10.6 Å². The number of carbonyl (C=O) groups excluding carboxylic acids is 1. The molecule has 6 heteroatoms. The second-order valence-electron chi connectivity index (χ2n) is 5.84. The zero-order valence-corrected chi connectivity index (χ0v) is 14.4. The average Bonchev–Trinajstić information content (AvgIpc) is 3.24. The predicted octanol–water partition coefficient (Wildman–Crippen LogP) is 3.02. The van der Waals surface area contributed by atoms with E-state index in [0.717, 1.165) is 28.3 Å². The zero-order chi connectivity index (χ0) is 17.6. The predicted molar refractivity (Wildman–Crippen MR) is 96.0 cm³/mol. The van der Waals surface area contributed by atoms with E-state index in [1.807, 2.05) is 50.2 Å². The van der Waals surface area contributed by atoms with E-state index in [1.54, 1.807) is 6.20 Å². The van der Waals surface area contributed by atoms with Crippen molar-refractivity contribution in [3.05, 3.63) is 65.0 Å². The van der Waals surface area contributed by atoms with Crippen molar-refractivity contribution in [1.29, 1.82) is 0 Å². The van der Waals surface area contributed by atoms with Crippen LogP contribution in [-0.4, -0.2) is 22.6 Å². The summed E-state index contributed by atoms with van der Waals surface area (Å²) in [6, 6.07) is 11.5. The second-order valence-corrected chi connectivity index (χ2v) is 5.84. The van der Waals surface area contributed by atoms with Crippen molar-refractivity contribution in [2.24, 2.45) is 0 Å². The number of carbonyl (C=O) groups is 1. The first-order valence-corrected chi connectivity index (χ1v) is 8.34. The molecule has 2 aromatic heterocycles. The van der Waals surface area contributed by atoms with Crippen LogP contribution in [0.2, 0.25) is 0 Å². The Bertz CT molecular complexity index is 850. The molecule has 0 aliphatic carbocycles. The fourth-order valence-electron chi connectivity index (χ4n) is 2.65. The number of hydrogen-bond donors (Lipinski definition) is 3. The molecule has 25 heavy (non-hydrogen) atoms. The van der Waals surface area contributed by atoms with Gasteiger partial charge in [0.1, 0.15) is 11.5 Å². The lowest BCUT2D eigenvalue weighted by molar-refractivity contribution is 0.0955. The molecule has 0 radical (unpaired) electrons. The first-order valence-electron chi connectivity index (χ1n) is 8.34. The third-order valence-corrected chi connectivity index (χ3v) is 3.88. The zero-order valence-electron chi connectivity index (χ0n) is 14.4. The highest BCUT2D eigenvalue weighted by Gasteiger charge is 2.11. The molecule has 3 aromatic rings. The monoisotopic (exact) mass is 338 g/mol. The molecule has 0 saturated heterocycles. The second kappa shape index (κ2) is 7.81. The van der Waals surface area contributed by atoms with E-state index in [1.165, 1.54) is 0 Å². The van der Waals surface area contributed by atoms with Gasteiger partial charge >= 0.3 is 0 Å². The van der Waals surface area contributed by atoms with Gasteiger partial charge in [0.2, 0.25) is 0 Å². The lowest BCUT2D eigenvalue weighted by Gasteiger charge is -2.07. The Morgan fingerprint density at radius 2 is 2.12 bits per heavy atom. The number of aryl methyl sites for hydroxylation is 1. The quantitative estimate of drug-likeness (QED) is 0.618. The number of nitrogens with zero attached hydrogens (tertiary/aromatic N) is 1. The van der Waals surface area contributed by atoms with Crippen LogP contribution in [0, 0.1) is 6.92 Å². The topological polar surface area (TPSA) is 83.0 Å². The fraction of sp³-hybridized carbons (Fsp3) is 0.263. The summed E-state index contributed by atoms with van der Waals surface area (Å²) in [5.41, 5.74) is 3.66. The molecule has 0 spiro atoms. The van der Waals surface area contributed by atoms with E-state index in [4.69, 9.17) is 4.42 Å². The van der Waals surface area contributed by atoms with Gasteiger partial charge in [-0.2, -0.15) is 5.10 Å². The third kappa shape index (κ3) is 4.16. The van der Waals surface area contributed by atoms with E-state index in [0.29, 0.717) is 25.2 Å². The highest BCUT2D eigenvalue weighted by molar-refractivity contribution is 5.94. The van der Waals surface area contributed by atoms with Gasteiger partial charge < -0.3 is 15.1 Å². The van der Waals surface area contributed by atoms with Crippen molar-refractivity contribution in [3.8, 4) is 11.5 Å². The van der Waals surface area contributed by atoms with Crippen molar-refractivity contribution in [3.63, 3.8) is 0 Å². The van der Waals surface area contributed by atoms with Crippen molar-refractivity contribution >= 4 is 5.91 Å². The van der Waals surface area contributed by atoms with Gasteiger partial charge in [-0.25, -0.2) is 0 Å². The molecule has 6 nitrogen and oxygen atoms in total. The van der Waals surface area contributed by atoms with Crippen LogP contribution in [0.25, 0.3) is 11.5 Å². The molecule has 0 saturated carbocycles. The molecule has 130 valence electrons. The number of benzene rings is 1. The highest BCUT2D eigenvalue weighted by atomic mass is 16.3. The molecule has 3 rings (SSSR count). The van der Waals surface area contributed by atoms with Gasteiger partial charge in [-0.1, -0.05) is 12.1 Å². The molecular weight excluding hydrogens is 316 g/mol. The van der Waals surface area contributed by atoms with Crippen LogP contribution >= 0.6 is 0 Å². The largest absolute Gasteiger partial charge is 0.460 e. The maximum atomic E-state index is 11.9. The Hall–Kier alpha value is -2.86. The van der Waals surface area contributed by atoms with Gasteiger partial charge in [-0.05, 0) is 43.7 Å². The lowest BCUT2D eigenvalue weighted by atomic mass is 10.1. The minimum Gasteiger partial charge on any atom is -0.460 e. The molecule has 0 bridgehead atoms. The van der Waals surface area contributed by atoms with Gasteiger partial charge in [-0.15, -0.1) is 0 Å². The summed E-state index contributed by atoms with van der Waals surface area (Å²) in [6.07, 6.45) is 1.80.